The topological polar surface area (TPSA) is 510 Å². The highest BCUT2D eigenvalue weighted by Crippen LogP contribution is 2.26. The summed E-state index contributed by atoms with van der Waals surface area (Å²) in [5.41, 5.74) is -1.30. The van der Waals surface area contributed by atoms with Gasteiger partial charge in [0.2, 0.25) is 17.7 Å². The molecule has 3 N–H and O–H groups in total. The van der Waals surface area contributed by atoms with Crippen LogP contribution in [0.5, 0.6) is 0 Å². The average molecular weight is 1890 g/mol. The first-order chi connectivity index (χ1) is 64.0. The quantitative estimate of drug-likeness (QED) is 0.0314. The second-order valence-electron chi connectivity index (χ2n) is 33.6. The van der Waals surface area contributed by atoms with E-state index in [9.17, 15) is 95.9 Å². The number of nitrogens with one attached hydrogen (secondary N) is 3. The van der Waals surface area contributed by atoms with E-state index in [0.29, 0.717) is 72.0 Å². The van der Waals surface area contributed by atoms with Crippen molar-refractivity contribution in [3.63, 3.8) is 0 Å². The first-order valence-corrected chi connectivity index (χ1v) is 46.9. The number of nitrogens with zero attached hydrogens (tertiary/aromatic N) is 4. The van der Waals surface area contributed by atoms with E-state index in [4.69, 9.17) is 62.0 Å². The highest BCUT2D eigenvalue weighted by molar-refractivity contribution is 6.03. The van der Waals surface area contributed by atoms with Crippen LogP contribution in [0.2, 0.25) is 0 Å². The second kappa shape index (κ2) is 69.7. The van der Waals surface area contributed by atoms with Crippen LogP contribution in [0.4, 0.5) is 0 Å². The molecule has 4 fully saturated rings. The molecule has 0 aromatic heterocycles. The van der Waals surface area contributed by atoms with Gasteiger partial charge in [0.25, 0.3) is 47.3 Å². The molecule has 1 aromatic rings. The van der Waals surface area contributed by atoms with Crippen molar-refractivity contribution >= 4 is 118 Å². The molecular formula is C93H141N7O33. The zero-order valence-corrected chi connectivity index (χ0v) is 78.0. The van der Waals surface area contributed by atoms with Gasteiger partial charge in [0.15, 0.2) is 0 Å². The maximum absolute atomic E-state index is 12.8. The smallest absolute Gasteiger partial charge is 0.335 e. The number of esters is 1. The van der Waals surface area contributed by atoms with E-state index in [2.05, 4.69) is 16.0 Å². The number of hydroxylamine groups is 8. The SMILES string of the molecule is CC(=O)CCCCCCCCC(=O)CCOCC(COCCC(=O)NCCCCCCCC(C)=O)(COCCC(=O)NCCCCCCCC(C)=O)COCCC(=O)NCCCCCCCC(=O)OCc1ccccc1.O=C(CCOCC(COCCC(=O)ON1C(=O)CCC1=O)(COCCC(=O)ON1C(=O)CCC1=O)COCCC(=O)ON1C(=O)CCC1=O)ON1C(=O)CCC1=O. The summed E-state index contributed by atoms with van der Waals surface area (Å²) in [6.07, 6.45) is 20.3. The third-order valence-electron chi connectivity index (χ3n) is 21.2. The minimum absolute atomic E-state index is 0.0949. The van der Waals surface area contributed by atoms with Crippen molar-refractivity contribution in [3.8, 4) is 0 Å². The fourth-order valence-electron chi connectivity index (χ4n) is 13.6. The lowest BCUT2D eigenvalue weighted by Gasteiger charge is -2.33. The van der Waals surface area contributed by atoms with Gasteiger partial charge < -0.3 is 92.3 Å². The number of Topliss-reactive ketones (excluding diaryl/α,β-unsaturated/α-hetero) is 4. The number of ether oxygens (including phenoxy) is 9. The van der Waals surface area contributed by atoms with Crippen LogP contribution in [0.25, 0.3) is 0 Å². The predicted molar refractivity (Wildman–Crippen MR) is 469 cm³/mol. The Morgan fingerprint density at radius 2 is 0.489 bits per heavy atom. The van der Waals surface area contributed by atoms with E-state index in [1.807, 2.05) is 30.3 Å². The van der Waals surface area contributed by atoms with E-state index in [-0.39, 0.29) is 236 Å². The van der Waals surface area contributed by atoms with Gasteiger partial charge in [0.1, 0.15) is 29.7 Å². The van der Waals surface area contributed by atoms with Gasteiger partial charge in [-0.05, 0) is 77.7 Å². The molecule has 0 unspecified atom stereocenters. The number of hydrogen-bond acceptors (Lipinski definition) is 33. The molecule has 4 aliphatic rings. The third-order valence-corrected chi connectivity index (χ3v) is 21.2. The zero-order chi connectivity index (χ0) is 97.1. The van der Waals surface area contributed by atoms with E-state index in [1.165, 1.54) is 0 Å². The molecule has 0 aliphatic carbocycles. The molecule has 0 radical (unpaired) electrons. The second-order valence-corrected chi connectivity index (χ2v) is 33.6. The highest BCUT2D eigenvalue weighted by atomic mass is 16.7. The lowest BCUT2D eigenvalue weighted by atomic mass is 9.92. The van der Waals surface area contributed by atoms with E-state index in [1.54, 1.807) is 20.8 Å². The molecule has 5 rings (SSSR count). The van der Waals surface area contributed by atoms with Crippen molar-refractivity contribution in [1.29, 1.82) is 0 Å². The van der Waals surface area contributed by atoms with Crippen molar-refractivity contribution in [2.45, 2.75) is 297 Å². The number of imide groups is 4. The molecule has 4 heterocycles. The Morgan fingerprint density at radius 3 is 0.752 bits per heavy atom. The minimum Gasteiger partial charge on any atom is -0.461 e. The van der Waals surface area contributed by atoms with E-state index >= 15 is 0 Å². The Bertz CT molecular complexity index is 3420. The monoisotopic (exact) mass is 1880 g/mol. The van der Waals surface area contributed by atoms with Crippen LogP contribution < -0.4 is 16.0 Å². The molecule has 746 valence electrons. The van der Waals surface area contributed by atoms with Crippen LogP contribution in [0.15, 0.2) is 30.3 Å². The molecule has 4 saturated heterocycles. The van der Waals surface area contributed by atoms with Crippen LogP contribution in [0, 0.1) is 10.8 Å². The number of carbonyl (C=O) groups excluding carboxylic acids is 20. The molecule has 0 spiro atoms. The maximum Gasteiger partial charge on any atom is 0.335 e. The van der Waals surface area contributed by atoms with Gasteiger partial charge in [0, 0.05) is 129 Å². The fourth-order valence-corrected chi connectivity index (χ4v) is 13.6. The van der Waals surface area contributed by atoms with Crippen LogP contribution in [-0.4, -0.2) is 264 Å². The van der Waals surface area contributed by atoms with Crippen LogP contribution in [-0.2, 0) is 164 Å². The predicted octanol–water partition coefficient (Wildman–Crippen LogP) is 8.20. The molecule has 40 heteroatoms. The summed E-state index contributed by atoms with van der Waals surface area (Å²) < 4.78 is 52.8. The summed E-state index contributed by atoms with van der Waals surface area (Å²) in [7, 11) is 0. The minimum atomic E-state index is -1.37. The average Bonchev–Trinajstić information content (AvgIpc) is 1.85. The normalized spacial score (nSPS) is 13.9. The number of amides is 11. The summed E-state index contributed by atoms with van der Waals surface area (Å²) in [4.78, 5) is 260. The zero-order valence-electron chi connectivity index (χ0n) is 78.0. The Morgan fingerprint density at radius 1 is 0.263 bits per heavy atom. The van der Waals surface area contributed by atoms with Gasteiger partial charge in [-0.3, -0.25) is 62.3 Å². The number of rotatable bonds is 79. The van der Waals surface area contributed by atoms with E-state index in [0.717, 1.165) is 140 Å². The maximum atomic E-state index is 12.8. The molecular weight excluding hydrogens is 1740 g/mol. The largest absolute Gasteiger partial charge is 0.461 e. The standard InChI is InChI=1S/C60H101N3O13.C33H40N4O20/c1-51(64)28-18-9-4-5-12-23-33-55(67)35-42-72-47-60(48-73-43-36-56(68)61-39-25-14-6-10-19-29-52(2)65,49-74-44-37-57(69)62-40-26-15-7-11-20-30-53(3)66)50-75-45-38-58(70)63-41-27-16-8-13-24-34-59(71)76-46-54-31-21-17-22-32-54;38-21-1-2-22(39)34(21)54-29(46)9-13-50-17-33(18-51-14-10-30(47)55-35-23(40)3-4-24(35)41,19-52-15-11-31(48)56-36-25(42)5-6-26(36)43)20-53-16-12-32(49)57-37-27(44)7-8-28(37)45/h17,21-22,31-32H,4-16,18-20,23-30,33-50H2,1-3H3,(H,61,68)(H,62,69)(H,63,70);1-20H2. The molecule has 133 heavy (non-hydrogen) atoms. The molecule has 40 nitrogen and oxygen atoms in total. The van der Waals surface area contributed by atoms with Crippen molar-refractivity contribution in [3.05, 3.63) is 35.9 Å². The number of carbonyl (C=O) groups is 20. The highest BCUT2D eigenvalue weighted by Gasteiger charge is 2.39. The van der Waals surface area contributed by atoms with Crippen LogP contribution >= 0.6 is 0 Å². The number of ketones is 4. The van der Waals surface area contributed by atoms with Crippen LogP contribution in [0.1, 0.15) is 296 Å². The number of benzene rings is 1. The van der Waals surface area contributed by atoms with Gasteiger partial charge in [-0.15, -0.1) is 20.3 Å². The fraction of sp³-hybridized carbons (Fsp3) is 0.720. The Kier molecular flexibility index (Phi) is 60.4. The Labute approximate surface area is 777 Å². The number of unbranched alkanes of at least 4 members (excludes halogenated alkanes) is 17. The molecule has 1 aromatic carbocycles. The van der Waals surface area contributed by atoms with Gasteiger partial charge in [-0.2, -0.15) is 0 Å². The summed E-state index contributed by atoms with van der Waals surface area (Å²) in [5, 5.41) is 10.4. The molecule has 11 amide bonds. The summed E-state index contributed by atoms with van der Waals surface area (Å²) in [6.45, 7) is 5.04. The number of hydrogen-bond donors (Lipinski definition) is 3. The van der Waals surface area contributed by atoms with Crippen molar-refractivity contribution < 1.29 is 158 Å². The van der Waals surface area contributed by atoms with Gasteiger partial charge in [-0.1, -0.05) is 114 Å². The van der Waals surface area contributed by atoms with Gasteiger partial charge in [-0.25, -0.2) is 19.2 Å². The van der Waals surface area contributed by atoms with Crippen molar-refractivity contribution in [2.75, 3.05) is 125 Å². The van der Waals surface area contributed by atoms with Crippen LogP contribution in [0.3, 0.4) is 0 Å². The third kappa shape index (κ3) is 54.8. The Balaban J connectivity index is 0.000000577. The first-order valence-electron chi connectivity index (χ1n) is 46.9. The van der Waals surface area contributed by atoms with Crippen molar-refractivity contribution in [2.24, 2.45) is 10.8 Å². The summed E-state index contributed by atoms with van der Waals surface area (Å²) in [5.74, 6) is -9.21. The first kappa shape index (κ1) is 115. The summed E-state index contributed by atoms with van der Waals surface area (Å²) in [6, 6.07) is 9.61. The molecule has 0 bridgehead atoms. The summed E-state index contributed by atoms with van der Waals surface area (Å²) >= 11 is 0. The molecule has 4 aliphatic heterocycles. The van der Waals surface area contributed by atoms with Crippen molar-refractivity contribution in [1.82, 2.24) is 36.2 Å². The lowest BCUT2D eigenvalue weighted by Crippen LogP contribution is -2.42. The lowest BCUT2D eigenvalue weighted by molar-refractivity contribution is -0.199. The van der Waals surface area contributed by atoms with E-state index < -0.39 is 108 Å². The van der Waals surface area contributed by atoms with Gasteiger partial charge >= 0.3 is 29.8 Å². The molecule has 0 saturated carbocycles. The van der Waals surface area contributed by atoms with Gasteiger partial charge in [0.05, 0.1) is 142 Å². The molecule has 0 atom stereocenters. The Hall–Kier alpha value is -10.1.